The molecule has 7 heteroatoms. The van der Waals surface area contributed by atoms with Gasteiger partial charge in [-0.2, -0.15) is 0 Å². The lowest BCUT2D eigenvalue weighted by Gasteiger charge is -2.36. The molecule has 0 saturated carbocycles. The lowest BCUT2D eigenvalue weighted by Crippen LogP contribution is -2.48. The second kappa shape index (κ2) is 6.10. The van der Waals surface area contributed by atoms with Crippen molar-refractivity contribution in [1.82, 2.24) is 14.8 Å². The van der Waals surface area contributed by atoms with Gasteiger partial charge in [0.05, 0.1) is 0 Å². The Hall–Kier alpha value is -1.86. The normalized spacial score (nSPS) is 17.6. The lowest BCUT2D eigenvalue weighted by atomic mass is 10.0. The minimum Gasteiger partial charge on any atom is -0.480 e. The highest BCUT2D eigenvalue weighted by Crippen LogP contribution is 2.31. The van der Waals surface area contributed by atoms with Crippen molar-refractivity contribution in [1.29, 1.82) is 0 Å². The Labute approximate surface area is 135 Å². The molecule has 1 aliphatic rings. The number of hydrogen-bond acceptors (Lipinski definition) is 3. The van der Waals surface area contributed by atoms with Gasteiger partial charge in [-0.05, 0) is 18.2 Å². The highest BCUT2D eigenvalue weighted by molar-refractivity contribution is 9.10. The fourth-order valence-corrected chi connectivity index (χ4v) is 3.29. The molecule has 1 amide bonds. The molecule has 22 heavy (non-hydrogen) atoms. The molecule has 1 aliphatic heterocycles. The number of piperazine rings is 1. The maximum absolute atomic E-state index is 11.8. The number of carbonyl (C=O) groups excluding carboxylic acids is 1. The fourth-order valence-electron chi connectivity index (χ4n) is 2.93. The van der Waals surface area contributed by atoms with E-state index in [2.05, 4.69) is 20.9 Å². The highest BCUT2D eigenvalue weighted by atomic mass is 79.9. The number of aliphatic carboxylic acids is 1. The number of amides is 1. The molecule has 0 radical (unpaired) electrons. The monoisotopic (exact) mass is 365 g/mol. The molecular weight excluding hydrogens is 350 g/mol. The summed E-state index contributed by atoms with van der Waals surface area (Å²) in [6, 6.07) is 5.06. The van der Waals surface area contributed by atoms with Gasteiger partial charge in [0.1, 0.15) is 6.04 Å². The molecule has 1 aromatic carbocycles. The average Bonchev–Trinajstić information content (AvgIpc) is 2.91. The summed E-state index contributed by atoms with van der Waals surface area (Å²) < 4.78 is 0.913. The maximum Gasteiger partial charge on any atom is 0.325 e. The number of fused-ring (bicyclic) bond motifs is 1. The number of nitrogens with one attached hydrogen (secondary N) is 1. The first-order chi connectivity index (χ1) is 10.6. The van der Waals surface area contributed by atoms with Gasteiger partial charge < -0.3 is 15.0 Å². The molecule has 3 rings (SSSR count). The number of carboxylic acid groups (broad SMARTS) is 1. The second-order valence-electron chi connectivity index (χ2n) is 5.35. The minimum absolute atomic E-state index is 0.552. The first-order valence-corrected chi connectivity index (χ1v) is 7.82. The summed E-state index contributed by atoms with van der Waals surface area (Å²) in [6.45, 7) is 2.21. The van der Waals surface area contributed by atoms with Gasteiger partial charge in [0, 0.05) is 53.3 Å². The summed E-state index contributed by atoms with van der Waals surface area (Å²) in [7, 11) is 0. The summed E-state index contributed by atoms with van der Waals surface area (Å²) in [4.78, 5) is 29.3. The third-order valence-electron chi connectivity index (χ3n) is 4.07. The number of halogens is 1. The van der Waals surface area contributed by atoms with Crippen LogP contribution in [0.1, 0.15) is 11.6 Å². The number of benzene rings is 1. The zero-order valence-corrected chi connectivity index (χ0v) is 13.4. The number of carboxylic acids is 1. The van der Waals surface area contributed by atoms with Crippen molar-refractivity contribution in [3.63, 3.8) is 0 Å². The predicted octanol–water partition coefficient (Wildman–Crippen LogP) is 1.83. The van der Waals surface area contributed by atoms with Gasteiger partial charge in [-0.3, -0.25) is 14.5 Å². The number of aromatic nitrogens is 1. The topological polar surface area (TPSA) is 76.6 Å². The standard InChI is InChI=1S/C15H16BrN3O3/c16-10-1-2-13-11(7-10)12(8-17-13)14(15(21)22)19-5-3-18(9-20)4-6-19/h1-2,7-9,14,17H,3-6H2,(H,21,22)/t14-/m1/s1. The first-order valence-electron chi connectivity index (χ1n) is 7.03. The van der Waals surface area contributed by atoms with Crippen LogP contribution in [0.5, 0.6) is 0 Å². The SMILES string of the molecule is O=CN1CCN([C@@H](C(=O)O)c2c[nH]c3ccc(Br)cc23)CC1. The number of aromatic amines is 1. The predicted molar refractivity (Wildman–Crippen MR) is 85.6 cm³/mol. The lowest BCUT2D eigenvalue weighted by molar-refractivity contribution is -0.144. The molecule has 2 heterocycles. The number of H-pyrrole nitrogens is 1. The Kier molecular flexibility index (Phi) is 4.17. The molecule has 0 aliphatic carbocycles. The van der Waals surface area contributed by atoms with Crippen molar-refractivity contribution < 1.29 is 14.7 Å². The zero-order valence-electron chi connectivity index (χ0n) is 11.8. The van der Waals surface area contributed by atoms with Crippen LogP contribution in [0.4, 0.5) is 0 Å². The van der Waals surface area contributed by atoms with E-state index in [1.165, 1.54) is 0 Å². The number of carbonyl (C=O) groups is 2. The molecule has 6 nitrogen and oxygen atoms in total. The molecule has 1 saturated heterocycles. The van der Waals surface area contributed by atoms with Crippen molar-refractivity contribution >= 4 is 39.2 Å². The molecule has 116 valence electrons. The third-order valence-corrected chi connectivity index (χ3v) is 4.56. The highest BCUT2D eigenvalue weighted by Gasteiger charge is 2.31. The molecule has 0 unspecified atom stereocenters. The van der Waals surface area contributed by atoms with Crippen molar-refractivity contribution in [3.05, 3.63) is 34.4 Å². The molecule has 0 spiro atoms. The van der Waals surface area contributed by atoms with Crippen LogP contribution >= 0.6 is 15.9 Å². The van der Waals surface area contributed by atoms with Gasteiger partial charge in [0.25, 0.3) is 0 Å². The van der Waals surface area contributed by atoms with Gasteiger partial charge >= 0.3 is 5.97 Å². The van der Waals surface area contributed by atoms with E-state index in [-0.39, 0.29) is 0 Å². The van der Waals surface area contributed by atoms with Gasteiger partial charge in [0.15, 0.2) is 0 Å². The fraction of sp³-hybridized carbons (Fsp3) is 0.333. The van der Waals surface area contributed by atoms with Crippen LogP contribution in [0, 0.1) is 0 Å². The minimum atomic E-state index is -0.875. The van der Waals surface area contributed by atoms with Crippen molar-refractivity contribution in [2.45, 2.75) is 6.04 Å². The van der Waals surface area contributed by atoms with Gasteiger partial charge in [0.2, 0.25) is 6.41 Å². The Balaban J connectivity index is 1.95. The summed E-state index contributed by atoms with van der Waals surface area (Å²) in [6.07, 6.45) is 2.58. The first kappa shape index (κ1) is 15.1. The van der Waals surface area contributed by atoms with E-state index in [0.717, 1.165) is 27.3 Å². The number of hydrogen-bond donors (Lipinski definition) is 2. The quantitative estimate of drug-likeness (QED) is 0.810. The smallest absolute Gasteiger partial charge is 0.325 e. The summed E-state index contributed by atoms with van der Waals surface area (Å²) >= 11 is 3.43. The molecule has 2 N–H and O–H groups in total. The average molecular weight is 366 g/mol. The van der Waals surface area contributed by atoms with E-state index in [0.29, 0.717) is 26.2 Å². The summed E-state index contributed by atoms with van der Waals surface area (Å²) in [5, 5.41) is 10.6. The van der Waals surface area contributed by atoms with Crippen LogP contribution in [0.15, 0.2) is 28.9 Å². The second-order valence-corrected chi connectivity index (χ2v) is 6.27. The van der Waals surface area contributed by atoms with Crippen LogP contribution < -0.4 is 0 Å². The molecule has 0 bridgehead atoms. The Morgan fingerprint density at radius 2 is 2.05 bits per heavy atom. The van der Waals surface area contributed by atoms with Gasteiger partial charge in [-0.15, -0.1) is 0 Å². The number of nitrogens with zero attached hydrogens (tertiary/aromatic N) is 2. The molecular formula is C15H16BrN3O3. The van der Waals surface area contributed by atoms with Crippen LogP contribution in [-0.4, -0.2) is 58.4 Å². The van der Waals surface area contributed by atoms with Crippen molar-refractivity contribution in [2.24, 2.45) is 0 Å². The molecule has 1 aromatic heterocycles. The van der Waals surface area contributed by atoms with Crippen LogP contribution in [0.3, 0.4) is 0 Å². The molecule has 1 fully saturated rings. The summed E-state index contributed by atoms with van der Waals surface area (Å²) in [5.74, 6) is -0.875. The van der Waals surface area contributed by atoms with E-state index in [9.17, 15) is 14.7 Å². The van der Waals surface area contributed by atoms with Gasteiger partial charge in [-0.25, -0.2) is 0 Å². The van der Waals surface area contributed by atoms with Gasteiger partial charge in [-0.1, -0.05) is 15.9 Å². The van der Waals surface area contributed by atoms with Crippen molar-refractivity contribution in [3.8, 4) is 0 Å². The molecule has 2 aromatic rings. The van der Waals surface area contributed by atoms with Crippen LogP contribution in [-0.2, 0) is 9.59 Å². The largest absolute Gasteiger partial charge is 0.480 e. The third kappa shape index (κ3) is 2.74. The van der Waals surface area contributed by atoms with E-state index in [1.807, 2.05) is 23.1 Å². The zero-order chi connectivity index (χ0) is 15.7. The van der Waals surface area contributed by atoms with Crippen LogP contribution in [0.2, 0.25) is 0 Å². The van der Waals surface area contributed by atoms with Crippen LogP contribution in [0.25, 0.3) is 10.9 Å². The van der Waals surface area contributed by atoms with Crippen molar-refractivity contribution in [2.75, 3.05) is 26.2 Å². The van der Waals surface area contributed by atoms with E-state index in [1.54, 1.807) is 11.1 Å². The summed E-state index contributed by atoms with van der Waals surface area (Å²) in [5.41, 5.74) is 1.67. The Morgan fingerprint density at radius 1 is 1.32 bits per heavy atom. The Morgan fingerprint density at radius 3 is 2.68 bits per heavy atom. The van der Waals surface area contributed by atoms with E-state index < -0.39 is 12.0 Å². The molecule has 1 atom stereocenters. The van der Waals surface area contributed by atoms with E-state index >= 15 is 0 Å². The number of rotatable bonds is 4. The Bertz CT molecular complexity index is 707. The maximum atomic E-state index is 11.8. The van der Waals surface area contributed by atoms with E-state index in [4.69, 9.17) is 0 Å².